The van der Waals surface area contributed by atoms with Gasteiger partial charge in [-0.2, -0.15) is 5.10 Å². The highest BCUT2D eigenvalue weighted by molar-refractivity contribution is 6.00. The second-order valence-corrected chi connectivity index (χ2v) is 8.47. The third kappa shape index (κ3) is 3.81. The van der Waals surface area contributed by atoms with Crippen molar-refractivity contribution in [1.29, 1.82) is 0 Å². The summed E-state index contributed by atoms with van der Waals surface area (Å²) in [6.45, 7) is 2.67. The molecule has 2 N–H and O–H groups in total. The highest BCUT2D eigenvalue weighted by atomic mass is 16.5. The molecular formula is C28H27N3O3. The Kier molecular flexibility index (Phi) is 5.80. The third-order valence-electron chi connectivity index (χ3n) is 6.53. The number of nitrogens with zero attached hydrogens (tertiary/aromatic N) is 2. The van der Waals surface area contributed by atoms with Gasteiger partial charge in [-0.05, 0) is 53.8 Å². The number of fused-ring (bicyclic) bond motifs is 1. The van der Waals surface area contributed by atoms with Crippen molar-refractivity contribution in [3.63, 3.8) is 0 Å². The van der Waals surface area contributed by atoms with Crippen LogP contribution in [0.4, 0.5) is 0 Å². The molecule has 0 radical (unpaired) electrons. The number of hydrogen-bond donors (Lipinski definition) is 2. The minimum Gasteiger partial charge on any atom is -0.507 e. The molecule has 1 amide bonds. The van der Waals surface area contributed by atoms with E-state index in [1.165, 1.54) is 5.56 Å². The Bertz CT molecular complexity index is 1310. The first-order valence-electron chi connectivity index (χ1n) is 11.5. The van der Waals surface area contributed by atoms with Crippen LogP contribution in [0.2, 0.25) is 0 Å². The normalized spacial score (nSPS) is 14.9. The van der Waals surface area contributed by atoms with E-state index >= 15 is 0 Å². The molecule has 6 heteroatoms. The second kappa shape index (κ2) is 9.06. The SMILES string of the molecule is CCc1ccc([C@@H]2c3c(-c4ccccc4O)n[nH]c3C(=O)N2CCc2ccc(OC)cc2)cc1. The molecule has 2 heterocycles. The topological polar surface area (TPSA) is 78.5 Å². The molecule has 0 aliphatic carbocycles. The van der Waals surface area contributed by atoms with Gasteiger partial charge in [0.25, 0.3) is 5.91 Å². The summed E-state index contributed by atoms with van der Waals surface area (Å²) in [4.78, 5) is 15.4. The van der Waals surface area contributed by atoms with E-state index < -0.39 is 0 Å². The van der Waals surface area contributed by atoms with Gasteiger partial charge in [0.05, 0.1) is 13.2 Å². The number of ether oxygens (including phenoxy) is 1. The van der Waals surface area contributed by atoms with Gasteiger partial charge in [-0.1, -0.05) is 55.5 Å². The zero-order valence-corrected chi connectivity index (χ0v) is 19.3. The fourth-order valence-corrected chi connectivity index (χ4v) is 4.63. The maximum atomic E-state index is 13.5. The van der Waals surface area contributed by atoms with Crippen LogP contribution in [-0.4, -0.2) is 39.8 Å². The first-order valence-corrected chi connectivity index (χ1v) is 11.5. The number of benzene rings is 3. The fraction of sp³-hybridized carbons (Fsp3) is 0.214. The van der Waals surface area contributed by atoms with Gasteiger partial charge < -0.3 is 14.7 Å². The Morgan fingerprint density at radius 3 is 2.38 bits per heavy atom. The Morgan fingerprint density at radius 1 is 1.00 bits per heavy atom. The molecule has 34 heavy (non-hydrogen) atoms. The van der Waals surface area contributed by atoms with Crippen LogP contribution in [0.3, 0.4) is 0 Å². The van der Waals surface area contributed by atoms with Crippen molar-refractivity contribution in [3.05, 3.63) is 101 Å². The molecular weight excluding hydrogens is 426 g/mol. The van der Waals surface area contributed by atoms with Gasteiger partial charge in [-0.3, -0.25) is 9.89 Å². The van der Waals surface area contributed by atoms with Crippen molar-refractivity contribution in [3.8, 4) is 22.8 Å². The molecule has 0 unspecified atom stereocenters. The molecule has 1 aliphatic heterocycles. The van der Waals surface area contributed by atoms with E-state index in [1.54, 1.807) is 19.2 Å². The zero-order chi connectivity index (χ0) is 23.7. The van der Waals surface area contributed by atoms with E-state index in [0.717, 1.165) is 28.9 Å². The van der Waals surface area contributed by atoms with Gasteiger partial charge in [0.1, 0.15) is 22.9 Å². The number of nitrogens with one attached hydrogen (secondary N) is 1. The number of phenolic OH excluding ortho intramolecular Hbond substituents is 1. The number of phenols is 1. The number of hydrogen-bond acceptors (Lipinski definition) is 4. The number of aromatic hydroxyl groups is 1. The molecule has 0 spiro atoms. The summed E-state index contributed by atoms with van der Waals surface area (Å²) in [5.74, 6) is 0.867. The average molecular weight is 454 g/mol. The number of para-hydroxylation sites is 1. The summed E-state index contributed by atoms with van der Waals surface area (Å²) >= 11 is 0. The molecule has 5 rings (SSSR count). The molecule has 172 valence electrons. The molecule has 1 atom stereocenters. The van der Waals surface area contributed by atoms with Crippen molar-refractivity contribution in [2.45, 2.75) is 25.8 Å². The summed E-state index contributed by atoms with van der Waals surface area (Å²) in [6.07, 6.45) is 1.66. The monoisotopic (exact) mass is 453 g/mol. The maximum absolute atomic E-state index is 13.5. The molecule has 6 nitrogen and oxygen atoms in total. The number of aromatic nitrogens is 2. The van der Waals surface area contributed by atoms with Gasteiger partial charge in [-0.15, -0.1) is 0 Å². The number of carbonyl (C=O) groups excluding carboxylic acids is 1. The minimum atomic E-state index is -0.292. The lowest BCUT2D eigenvalue weighted by atomic mass is 9.94. The number of amides is 1. The van der Waals surface area contributed by atoms with Crippen LogP contribution in [0.1, 0.15) is 45.7 Å². The summed E-state index contributed by atoms with van der Waals surface area (Å²) in [7, 11) is 1.65. The molecule has 4 aromatic rings. The zero-order valence-electron chi connectivity index (χ0n) is 19.3. The lowest BCUT2D eigenvalue weighted by Gasteiger charge is -2.26. The molecule has 0 fully saturated rings. The van der Waals surface area contributed by atoms with Gasteiger partial charge >= 0.3 is 0 Å². The van der Waals surface area contributed by atoms with Gasteiger partial charge in [0.2, 0.25) is 0 Å². The summed E-state index contributed by atoms with van der Waals surface area (Å²) < 4.78 is 5.26. The Hall–Kier alpha value is -4.06. The highest BCUT2D eigenvalue weighted by Gasteiger charge is 2.42. The first kappa shape index (κ1) is 21.8. The van der Waals surface area contributed by atoms with Gasteiger partial charge in [-0.25, -0.2) is 0 Å². The highest BCUT2D eigenvalue weighted by Crippen LogP contribution is 2.44. The number of aromatic amines is 1. The fourth-order valence-electron chi connectivity index (χ4n) is 4.63. The number of methoxy groups -OCH3 is 1. The van der Waals surface area contributed by atoms with E-state index in [0.29, 0.717) is 29.9 Å². The molecule has 3 aromatic carbocycles. The molecule has 0 saturated heterocycles. The number of H-pyrrole nitrogens is 1. The predicted molar refractivity (Wildman–Crippen MR) is 131 cm³/mol. The van der Waals surface area contributed by atoms with Crippen molar-refractivity contribution in [2.24, 2.45) is 0 Å². The number of carbonyl (C=O) groups is 1. The molecule has 1 aromatic heterocycles. The lowest BCUT2D eigenvalue weighted by molar-refractivity contribution is 0.0746. The third-order valence-corrected chi connectivity index (χ3v) is 6.53. The Labute approximate surface area is 198 Å². The second-order valence-electron chi connectivity index (χ2n) is 8.47. The van der Waals surface area contributed by atoms with E-state index in [4.69, 9.17) is 4.74 Å². The largest absolute Gasteiger partial charge is 0.507 e. The Balaban J connectivity index is 1.54. The van der Waals surface area contributed by atoms with Crippen molar-refractivity contribution in [2.75, 3.05) is 13.7 Å². The van der Waals surface area contributed by atoms with Crippen LogP contribution >= 0.6 is 0 Å². The summed E-state index contributed by atoms with van der Waals surface area (Å²) in [6, 6.07) is 23.1. The Morgan fingerprint density at radius 2 is 1.71 bits per heavy atom. The number of aryl methyl sites for hydroxylation is 1. The average Bonchev–Trinajstić information content (AvgIpc) is 3.42. The molecule has 0 bridgehead atoms. The van der Waals surface area contributed by atoms with Crippen LogP contribution in [0, 0.1) is 0 Å². The van der Waals surface area contributed by atoms with Gasteiger partial charge in [0.15, 0.2) is 0 Å². The van der Waals surface area contributed by atoms with Crippen molar-refractivity contribution in [1.82, 2.24) is 15.1 Å². The van der Waals surface area contributed by atoms with Crippen LogP contribution in [0.25, 0.3) is 11.3 Å². The van der Waals surface area contributed by atoms with Crippen molar-refractivity contribution >= 4 is 5.91 Å². The van der Waals surface area contributed by atoms with E-state index in [1.807, 2.05) is 41.3 Å². The lowest BCUT2D eigenvalue weighted by Crippen LogP contribution is -2.31. The van der Waals surface area contributed by atoms with Crippen LogP contribution < -0.4 is 4.74 Å². The summed E-state index contributed by atoms with van der Waals surface area (Å²) in [5, 5.41) is 17.9. The maximum Gasteiger partial charge on any atom is 0.273 e. The quantitative estimate of drug-likeness (QED) is 0.406. The van der Waals surface area contributed by atoms with Gasteiger partial charge in [0, 0.05) is 17.7 Å². The standard InChI is InChI=1S/C28H27N3O3/c1-3-18-8-12-20(13-9-18)27-24-25(22-6-4-5-7-23(22)32)29-30-26(24)28(33)31(27)17-16-19-10-14-21(34-2)15-11-19/h4-15,27,32H,3,16-17H2,1-2H3,(H,29,30)/t27-/m1/s1. The smallest absolute Gasteiger partial charge is 0.273 e. The van der Waals surface area contributed by atoms with Crippen LogP contribution in [0.5, 0.6) is 11.5 Å². The van der Waals surface area contributed by atoms with E-state index in [2.05, 4.69) is 41.4 Å². The van der Waals surface area contributed by atoms with E-state index in [9.17, 15) is 9.90 Å². The molecule has 1 aliphatic rings. The first-order chi connectivity index (χ1) is 16.6. The minimum absolute atomic E-state index is 0.0812. The van der Waals surface area contributed by atoms with Crippen LogP contribution in [-0.2, 0) is 12.8 Å². The summed E-state index contributed by atoms with van der Waals surface area (Å²) in [5.41, 5.74) is 5.91. The molecule has 0 saturated carbocycles. The van der Waals surface area contributed by atoms with Crippen molar-refractivity contribution < 1.29 is 14.6 Å². The predicted octanol–water partition coefficient (Wildman–Crippen LogP) is 5.14. The van der Waals surface area contributed by atoms with Crippen LogP contribution in [0.15, 0.2) is 72.8 Å². The van der Waals surface area contributed by atoms with E-state index in [-0.39, 0.29) is 17.7 Å². The number of rotatable bonds is 7.